The molecular formula is C15H23NO2. The van der Waals surface area contributed by atoms with Crippen molar-refractivity contribution < 1.29 is 9.47 Å². The summed E-state index contributed by atoms with van der Waals surface area (Å²) in [6.07, 6.45) is 7.17. The van der Waals surface area contributed by atoms with Gasteiger partial charge in [-0.3, -0.25) is 0 Å². The third-order valence-corrected chi connectivity index (χ3v) is 3.52. The van der Waals surface area contributed by atoms with Crippen LogP contribution in [0.2, 0.25) is 0 Å². The molecule has 3 nitrogen and oxygen atoms in total. The Morgan fingerprint density at radius 1 is 1.28 bits per heavy atom. The van der Waals surface area contributed by atoms with E-state index in [2.05, 4.69) is 6.07 Å². The quantitative estimate of drug-likeness (QED) is 0.843. The van der Waals surface area contributed by atoms with Crippen LogP contribution in [0.3, 0.4) is 0 Å². The molecule has 0 amide bonds. The second-order valence-corrected chi connectivity index (χ2v) is 4.87. The van der Waals surface area contributed by atoms with Gasteiger partial charge in [-0.1, -0.05) is 12.1 Å². The normalized spacial score (nSPS) is 15.9. The third kappa shape index (κ3) is 3.16. The number of nitrogens with two attached hydrogens (primary N) is 1. The van der Waals surface area contributed by atoms with E-state index in [0.717, 1.165) is 37.2 Å². The molecule has 1 fully saturated rings. The average molecular weight is 249 g/mol. The number of rotatable bonds is 6. The van der Waals surface area contributed by atoms with E-state index in [-0.39, 0.29) is 0 Å². The van der Waals surface area contributed by atoms with E-state index in [9.17, 15) is 0 Å². The van der Waals surface area contributed by atoms with E-state index in [1.165, 1.54) is 18.4 Å². The summed E-state index contributed by atoms with van der Waals surface area (Å²) >= 11 is 0. The highest BCUT2D eigenvalue weighted by atomic mass is 16.5. The highest BCUT2D eigenvalue weighted by Gasteiger charge is 2.20. The van der Waals surface area contributed by atoms with Crippen LogP contribution in [0.15, 0.2) is 18.2 Å². The number of methoxy groups -OCH3 is 1. The van der Waals surface area contributed by atoms with E-state index >= 15 is 0 Å². The van der Waals surface area contributed by atoms with Gasteiger partial charge in [-0.25, -0.2) is 0 Å². The SMILES string of the molecule is COc1cccc(CCCN)c1OC1CCCC1. The summed E-state index contributed by atoms with van der Waals surface area (Å²) in [6, 6.07) is 6.10. The molecule has 1 aromatic carbocycles. The zero-order chi connectivity index (χ0) is 12.8. The molecule has 1 aromatic rings. The molecule has 0 aromatic heterocycles. The Morgan fingerprint density at radius 3 is 2.72 bits per heavy atom. The third-order valence-electron chi connectivity index (χ3n) is 3.52. The fourth-order valence-corrected chi connectivity index (χ4v) is 2.52. The second kappa shape index (κ2) is 6.64. The molecule has 1 aliphatic carbocycles. The Morgan fingerprint density at radius 2 is 2.06 bits per heavy atom. The van der Waals surface area contributed by atoms with Crippen molar-refractivity contribution in [3.05, 3.63) is 23.8 Å². The van der Waals surface area contributed by atoms with Crippen molar-refractivity contribution in [2.24, 2.45) is 5.73 Å². The van der Waals surface area contributed by atoms with Gasteiger partial charge in [-0.2, -0.15) is 0 Å². The van der Waals surface area contributed by atoms with Gasteiger partial charge in [0.25, 0.3) is 0 Å². The smallest absolute Gasteiger partial charge is 0.164 e. The van der Waals surface area contributed by atoms with Crippen molar-refractivity contribution >= 4 is 0 Å². The first-order chi connectivity index (χ1) is 8.85. The molecule has 0 radical (unpaired) electrons. The predicted molar refractivity (Wildman–Crippen MR) is 73.3 cm³/mol. The Kier molecular flexibility index (Phi) is 4.88. The molecule has 0 bridgehead atoms. The van der Waals surface area contributed by atoms with Crippen LogP contribution in [0.4, 0.5) is 0 Å². The van der Waals surface area contributed by atoms with E-state index in [1.807, 2.05) is 12.1 Å². The van der Waals surface area contributed by atoms with Gasteiger partial charge in [0.15, 0.2) is 11.5 Å². The van der Waals surface area contributed by atoms with Crippen molar-refractivity contribution in [1.29, 1.82) is 0 Å². The molecule has 0 aliphatic heterocycles. The maximum absolute atomic E-state index is 6.16. The van der Waals surface area contributed by atoms with Gasteiger partial charge in [-0.15, -0.1) is 0 Å². The Hall–Kier alpha value is -1.22. The topological polar surface area (TPSA) is 44.5 Å². The van der Waals surface area contributed by atoms with Crippen molar-refractivity contribution in [3.63, 3.8) is 0 Å². The Labute approximate surface area is 109 Å². The Balaban J connectivity index is 2.16. The second-order valence-electron chi connectivity index (χ2n) is 4.87. The van der Waals surface area contributed by atoms with E-state index in [1.54, 1.807) is 7.11 Å². The lowest BCUT2D eigenvalue weighted by atomic mass is 10.1. The maximum atomic E-state index is 6.16. The lowest BCUT2D eigenvalue weighted by molar-refractivity contribution is 0.198. The molecule has 2 rings (SSSR count). The Bertz CT molecular complexity index is 373. The zero-order valence-corrected chi connectivity index (χ0v) is 11.2. The van der Waals surface area contributed by atoms with Gasteiger partial charge >= 0.3 is 0 Å². The van der Waals surface area contributed by atoms with Crippen LogP contribution < -0.4 is 15.2 Å². The van der Waals surface area contributed by atoms with Gasteiger partial charge < -0.3 is 15.2 Å². The summed E-state index contributed by atoms with van der Waals surface area (Å²) in [6.45, 7) is 0.708. The predicted octanol–water partition coefficient (Wildman–Crippen LogP) is 2.91. The van der Waals surface area contributed by atoms with Crippen molar-refractivity contribution in [1.82, 2.24) is 0 Å². The lowest BCUT2D eigenvalue weighted by Gasteiger charge is -2.19. The summed E-state index contributed by atoms with van der Waals surface area (Å²) in [5.41, 5.74) is 6.80. The van der Waals surface area contributed by atoms with E-state index in [4.69, 9.17) is 15.2 Å². The molecule has 0 unspecified atom stereocenters. The highest BCUT2D eigenvalue weighted by molar-refractivity contribution is 5.46. The van der Waals surface area contributed by atoms with Crippen LogP contribution in [-0.2, 0) is 6.42 Å². The molecule has 0 saturated heterocycles. The standard InChI is InChI=1S/C15H23NO2/c1-17-14-10-4-6-12(7-5-11-16)15(14)18-13-8-2-3-9-13/h4,6,10,13H,2-3,5,7-9,11,16H2,1H3. The first-order valence-electron chi connectivity index (χ1n) is 6.87. The monoisotopic (exact) mass is 249 g/mol. The largest absolute Gasteiger partial charge is 0.493 e. The number of para-hydroxylation sites is 1. The van der Waals surface area contributed by atoms with Crippen LogP contribution >= 0.6 is 0 Å². The molecule has 1 saturated carbocycles. The van der Waals surface area contributed by atoms with Crippen LogP contribution in [0, 0.1) is 0 Å². The molecule has 3 heteroatoms. The molecule has 0 atom stereocenters. The molecule has 100 valence electrons. The number of benzene rings is 1. The summed E-state index contributed by atoms with van der Waals surface area (Å²) in [4.78, 5) is 0. The van der Waals surface area contributed by atoms with E-state index in [0.29, 0.717) is 12.6 Å². The molecule has 0 spiro atoms. The number of aryl methyl sites for hydroxylation is 1. The first kappa shape index (κ1) is 13.2. The first-order valence-corrected chi connectivity index (χ1v) is 6.87. The van der Waals surface area contributed by atoms with Crippen LogP contribution in [0.1, 0.15) is 37.7 Å². The van der Waals surface area contributed by atoms with Crippen molar-refractivity contribution in [2.45, 2.75) is 44.6 Å². The molecule has 18 heavy (non-hydrogen) atoms. The molecular weight excluding hydrogens is 226 g/mol. The molecule has 0 heterocycles. The van der Waals surface area contributed by atoms with Crippen molar-refractivity contribution in [3.8, 4) is 11.5 Å². The maximum Gasteiger partial charge on any atom is 0.164 e. The minimum Gasteiger partial charge on any atom is -0.493 e. The fourth-order valence-electron chi connectivity index (χ4n) is 2.52. The minimum atomic E-state index is 0.359. The van der Waals surface area contributed by atoms with Crippen LogP contribution in [0.25, 0.3) is 0 Å². The average Bonchev–Trinajstić information content (AvgIpc) is 2.90. The van der Waals surface area contributed by atoms with E-state index < -0.39 is 0 Å². The van der Waals surface area contributed by atoms with Crippen LogP contribution in [0.5, 0.6) is 11.5 Å². The summed E-state index contributed by atoms with van der Waals surface area (Å²) in [5, 5.41) is 0. The van der Waals surface area contributed by atoms with Crippen LogP contribution in [-0.4, -0.2) is 19.8 Å². The number of hydrogen-bond acceptors (Lipinski definition) is 3. The molecule has 1 aliphatic rings. The fraction of sp³-hybridized carbons (Fsp3) is 0.600. The lowest BCUT2D eigenvalue weighted by Crippen LogP contribution is -2.13. The number of ether oxygens (including phenoxy) is 2. The number of hydrogen-bond donors (Lipinski definition) is 1. The van der Waals surface area contributed by atoms with Gasteiger partial charge in [-0.05, 0) is 56.7 Å². The van der Waals surface area contributed by atoms with Gasteiger partial charge in [0.05, 0.1) is 13.2 Å². The van der Waals surface area contributed by atoms with Gasteiger partial charge in [0.2, 0.25) is 0 Å². The van der Waals surface area contributed by atoms with Crippen molar-refractivity contribution in [2.75, 3.05) is 13.7 Å². The van der Waals surface area contributed by atoms with Gasteiger partial charge in [0.1, 0.15) is 0 Å². The minimum absolute atomic E-state index is 0.359. The summed E-state index contributed by atoms with van der Waals surface area (Å²) in [7, 11) is 1.70. The van der Waals surface area contributed by atoms with Gasteiger partial charge in [0, 0.05) is 0 Å². The highest BCUT2D eigenvalue weighted by Crippen LogP contribution is 2.35. The zero-order valence-electron chi connectivity index (χ0n) is 11.2. The summed E-state index contributed by atoms with van der Waals surface area (Å²) in [5.74, 6) is 1.77. The summed E-state index contributed by atoms with van der Waals surface area (Å²) < 4.78 is 11.6. The molecule has 2 N–H and O–H groups in total.